The van der Waals surface area contributed by atoms with Crippen LogP contribution in [-0.4, -0.2) is 6.61 Å². The summed E-state index contributed by atoms with van der Waals surface area (Å²) in [6.45, 7) is 6.45. The third kappa shape index (κ3) is 3.10. The van der Waals surface area contributed by atoms with Crippen LogP contribution in [-0.2, 0) is 17.9 Å². The minimum Gasteiger partial charge on any atom is -0.377 e. The molecule has 0 radical (unpaired) electrons. The van der Waals surface area contributed by atoms with Gasteiger partial charge >= 0.3 is 0 Å². The van der Waals surface area contributed by atoms with Gasteiger partial charge in [0.25, 0.3) is 0 Å². The van der Waals surface area contributed by atoms with E-state index in [1.54, 1.807) is 11.3 Å². The van der Waals surface area contributed by atoms with E-state index in [2.05, 4.69) is 19.9 Å². The molecule has 1 heterocycles. The lowest BCUT2D eigenvalue weighted by Gasteiger charge is -2.00. The lowest BCUT2D eigenvalue weighted by molar-refractivity contribution is 0.121. The average molecular weight is 199 g/mol. The van der Waals surface area contributed by atoms with Crippen LogP contribution in [0, 0.1) is 6.92 Å². The molecule has 0 aliphatic carbocycles. The zero-order valence-corrected chi connectivity index (χ0v) is 9.12. The first kappa shape index (κ1) is 10.7. The van der Waals surface area contributed by atoms with E-state index in [0.29, 0.717) is 6.54 Å². The van der Waals surface area contributed by atoms with E-state index < -0.39 is 0 Å². The molecule has 1 rings (SSSR count). The molecule has 74 valence electrons. The summed E-state index contributed by atoms with van der Waals surface area (Å²) in [6, 6.07) is 2.15. The van der Waals surface area contributed by atoms with E-state index in [4.69, 9.17) is 10.5 Å². The van der Waals surface area contributed by atoms with E-state index in [1.165, 1.54) is 15.3 Å². The topological polar surface area (TPSA) is 35.2 Å². The van der Waals surface area contributed by atoms with E-state index in [-0.39, 0.29) is 0 Å². The molecule has 0 fully saturated rings. The van der Waals surface area contributed by atoms with Crippen molar-refractivity contribution in [2.75, 3.05) is 6.61 Å². The maximum Gasteiger partial charge on any atom is 0.0727 e. The summed E-state index contributed by atoms with van der Waals surface area (Å²) in [5, 5.41) is 0. The van der Waals surface area contributed by atoms with Crippen molar-refractivity contribution in [1.82, 2.24) is 0 Å². The molecule has 0 saturated heterocycles. The maximum absolute atomic E-state index is 5.56. The van der Waals surface area contributed by atoms with Crippen molar-refractivity contribution in [3.8, 4) is 0 Å². The third-order valence-corrected chi connectivity index (χ3v) is 2.99. The predicted octanol–water partition coefficient (Wildman–Crippen LogP) is 2.44. The second-order valence-electron chi connectivity index (χ2n) is 3.05. The lowest BCUT2D eigenvalue weighted by atomic mass is 10.2. The summed E-state index contributed by atoms with van der Waals surface area (Å²) in [4.78, 5) is 2.57. The predicted molar refractivity (Wildman–Crippen MR) is 56.9 cm³/mol. The fraction of sp³-hybridized carbons (Fsp3) is 0.600. The minimum atomic E-state index is 0.638. The quantitative estimate of drug-likeness (QED) is 0.739. The summed E-state index contributed by atoms with van der Waals surface area (Å²) in [5.41, 5.74) is 6.85. The summed E-state index contributed by atoms with van der Waals surface area (Å²) in [6.07, 6.45) is 1.08. The maximum atomic E-state index is 5.56. The standard InChI is InChI=1S/C10H17NOS/c1-3-4-12-7-9-5-10(6-11)13-8(9)2/h5H,3-4,6-7,11H2,1-2H3. The summed E-state index contributed by atoms with van der Waals surface area (Å²) >= 11 is 1.77. The molecule has 2 nitrogen and oxygen atoms in total. The van der Waals surface area contributed by atoms with Gasteiger partial charge in [-0.2, -0.15) is 0 Å². The highest BCUT2D eigenvalue weighted by molar-refractivity contribution is 7.12. The van der Waals surface area contributed by atoms with Gasteiger partial charge in [0.1, 0.15) is 0 Å². The Labute approximate surface area is 83.7 Å². The molecule has 0 atom stereocenters. The zero-order valence-electron chi connectivity index (χ0n) is 8.30. The van der Waals surface area contributed by atoms with Crippen molar-refractivity contribution in [3.05, 3.63) is 21.4 Å². The molecule has 1 aromatic heterocycles. The van der Waals surface area contributed by atoms with E-state index in [1.807, 2.05) is 0 Å². The molecule has 2 N–H and O–H groups in total. The van der Waals surface area contributed by atoms with Crippen LogP contribution in [0.4, 0.5) is 0 Å². The molecule has 0 amide bonds. The molecule has 0 aromatic carbocycles. The Morgan fingerprint density at radius 3 is 2.85 bits per heavy atom. The Hall–Kier alpha value is -0.380. The van der Waals surface area contributed by atoms with Gasteiger partial charge in [0.15, 0.2) is 0 Å². The smallest absolute Gasteiger partial charge is 0.0727 e. The third-order valence-electron chi connectivity index (χ3n) is 1.88. The van der Waals surface area contributed by atoms with Crippen LogP contribution < -0.4 is 5.73 Å². The van der Waals surface area contributed by atoms with Gasteiger partial charge in [0, 0.05) is 22.9 Å². The normalized spacial score (nSPS) is 10.7. The molecular formula is C10H17NOS. The van der Waals surface area contributed by atoms with Gasteiger partial charge in [0.05, 0.1) is 6.61 Å². The first-order valence-corrected chi connectivity index (χ1v) is 5.45. The summed E-state index contributed by atoms with van der Waals surface area (Å²) in [7, 11) is 0. The van der Waals surface area contributed by atoms with Crippen LogP contribution >= 0.6 is 11.3 Å². The highest BCUT2D eigenvalue weighted by Gasteiger charge is 2.03. The van der Waals surface area contributed by atoms with Crippen LogP contribution in [0.5, 0.6) is 0 Å². The van der Waals surface area contributed by atoms with Crippen molar-refractivity contribution >= 4 is 11.3 Å². The second kappa shape index (κ2) is 5.37. The molecule has 1 aromatic rings. The Kier molecular flexibility index (Phi) is 4.42. The monoisotopic (exact) mass is 199 g/mol. The summed E-state index contributed by atoms with van der Waals surface area (Å²) < 4.78 is 5.47. The zero-order chi connectivity index (χ0) is 9.68. The highest BCUT2D eigenvalue weighted by Crippen LogP contribution is 2.21. The van der Waals surface area contributed by atoms with Gasteiger partial charge in [-0.15, -0.1) is 11.3 Å². The molecule has 0 unspecified atom stereocenters. The summed E-state index contributed by atoms with van der Waals surface area (Å²) in [5.74, 6) is 0. The van der Waals surface area contributed by atoms with Crippen LogP contribution in [0.3, 0.4) is 0 Å². The number of aryl methyl sites for hydroxylation is 1. The van der Waals surface area contributed by atoms with Crippen LogP contribution in [0.25, 0.3) is 0 Å². The number of thiophene rings is 1. The number of ether oxygens (including phenoxy) is 1. The van der Waals surface area contributed by atoms with Crippen molar-refractivity contribution in [3.63, 3.8) is 0 Å². The van der Waals surface area contributed by atoms with Crippen molar-refractivity contribution < 1.29 is 4.74 Å². The fourth-order valence-corrected chi connectivity index (χ4v) is 2.08. The molecule has 0 aliphatic heterocycles. The molecular weight excluding hydrogens is 182 g/mol. The van der Waals surface area contributed by atoms with Crippen LogP contribution in [0.2, 0.25) is 0 Å². The van der Waals surface area contributed by atoms with Gasteiger partial charge in [-0.25, -0.2) is 0 Å². The van der Waals surface area contributed by atoms with Gasteiger partial charge < -0.3 is 10.5 Å². The highest BCUT2D eigenvalue weighted by atomic mass is 32.1. The van der Waals surface area contributed by atoms with Crippen molar-refractivity contribution in [2.45, 2.75) is 33.4 Å². The first-order valence-electron chi connectivity index (χ1n) is 4.64. The number of nitrogens with two attached hydrogens (primary N) is 1. The number of hydrogen-bond acceptors (Lipinski definition) is 3. The minimum absolute atomic E-state index is 0.638. The van der Waals surface area contributed by atoms with Crippen LogP contribution in [0.15, 0.2) is 6.07 Å². The number of rotatable bonds is 5. The molecule has 3 heteroatoms. The number of hydrogen-bond donors (Lipinski definition) is 1. The largest absolute Gasteiger partial charge is 0.377 e. The molecule has 0 saturated carbocycles. The van der Waals surface area contributed by atoms with Gasteiger partial charge in [-0.1, -0.05) is 6.92 Å². The Morgan fingerprint density at radius 2 is 2.31 bits per heavy atom. The Bertz CT molecular complexity index is 257. The van der Waals surface area contributed by atoms with E-state index in [9.17, 15) is 0 Å². The first-order chi connectivity index (χ1) is 6.27. The van der Waals surface area contributed by atoms with Gasteiger partial charge in [0.2, 0.25) is 0 Å². The van der Waals surface area contributed by atoms with E-state index >= 15 is 0 Å². The molecule has 0 bridgehead atoms. The van der Waals surface area contributed by atoms with Crippen molar-refractivity contribution in [2.24, 2.45) is 5.73 Å². The van der Waals surface area contributed by atoms with Gasteiger partial charge in [-0.3, -0.25) is 0 Å². The molecule has 0 aliphatic rings. The van der Waals surface area contributed by atoms with Crippen molar-refractivity contribution in [1.29, 1.82) is 0 Å². The van der Waals surface area contributed by atoms with E-state index in [0.717, 1.165) is 19.6 Å². The molecule has 0 spiro atoms. The second-order valence-corrected chi connectivity index (χ2v) is 4.39. The Morgan fingerprint density at radius 1 is 1.54 bits per heavy atom. The lowest BCUT2D eigenvalue weighted by Crippen LogP contribution is -1.94. The molecule has 13 heavy (non-hydrogen) atoms. The van der Waals surface area contributed by atoms with Crippen LogP contribution in [0.1, 0.15) is 28.7 Å². The Balaban J connectivity index is 2.50. The fourth-order valence-electron chi connectivity index (χ4n) is 1.16. The SMILES string of the molecule is CCCOCc1cc(CN)sc1C. The average Bonchev–Trinajstić information content (AvgIpc) is 2.48. The van der Waals surface area contributed by atoms with Gasteiger partial charge in [-0.05, 0) is 25.0 Å².